The standard InChI is InChI=1S/C17H22FN5O6/c1-7(2)14(26)21-16-20-13-9(15(27)22-16)19-6-23(13)12(18)10(25)11-8(24)5-28-17(3,4)29-11/h6-7,10-12,25H,5H2,1-4H3,(H2,20,21,22,26,27)/t10-,11-,12-/m1/s1. The lowest BCUT2D eigenvalue weighted by atomic mass is 10.1. The fourth-order valence-electron chi connectivity index (χ4n) is 2.73. The minimum atomic E-state index is -2.20. The van der Waals surface area contributed by atoms with Crippen molar-refractivity contribution >= 4 is 28.8 Å². The number of amides is 1. The highest BCUT2D eigenvalue weighted by Gasteiger charge is 2.43. The molecule has 158 valence electrons. The van der Waals surface area contributed by atoms with Gasteiger partial charge in [-0.15, -0.1) is 0 Å². The maximum absolute atomic E-state index is 15.1. The number of imidazole rings is 1. The first-order chi connectivity index (χ1) is 13.5. The van der Waals surface area contributed by atoms with Crippen molar-refractivity contribution in [1.29, 1.82) is 0 Å². The third-order valence-corrected chi connectivity index (χ3v) is 4.35. The minimum Gasteiger partial charge on any atom is -0.385 e. The largest absolute Gasteiger partial charge is 0.385 e. The van der Waals surface area contributed by atoms with E-state index in [-0.39, 0.29) is 29.6 Å². The molecule has 1 fully saturated rings. The molecule has 2 aromatic rings. The number of ether oxygens (including phenoxy) is 2. The zero-order valence-corrected chi connectivity index (χ0v) is 16.3. The summed E-state index contributed by atoms with van der Waals surface area (Å²) in [6.07, 6.45) is -4.61. The third kappa shape index (κ3) is 4.18. The Kier molecular flexibility index (Phi) is 5.52. The molecule has 0 unspecified atom stereocenters. The maximum Gasteiger partial charge on any atom is 0.280 e. The summed E-state index contributed by atoms with van der Waals surface area (Å²) in [5.74, 6) is -2.78. The van der Waals surface area contributed by atoms with Gasteiger partial charge >= 0.3 is 0 Å². The number of carbonyl (C=O) groups is 2. The summed E-state index contributed by atoms with van der Waals surface area (Å²) in [5, 5.41) is 12.8. The van der Waals surface area contributed by atoms with Crippen molar-refractivity contribution in [3.05, 3.63) is 16.7 Å². The number of aromatic amines is 1. The van der Waals surface area contributed by atoms with Gasteiger partial charge in [-0.25, -0.2) is 9.37 Å². The number of Topliss-reactive ketones (excluding diaryl/α,β-unsaturated/α-hetero) is 1. The van der Waals surface area contributed by atoms with Crippen molar-refractivity contribution in [3.8, 4) is 0 Å². The number of hydrogen-bond donors (Lipinski definition) is 3. The number of H-pyrrole nitrogens is 1. The summed E-state index contributed by atoms with van der Waals surface area (Å²) in [6, 6.07) is 0. The molecule has 0 bridgehead atoms. The number of ketones is 1. The number of aliphatic hydroxyl groups excluding tert-OH is 1. The topological polar surface area (TPSA) is 148 Å². The van der Waals surface area contributed by atoms with E-state index in [2.05, 4.69) is 20.3 Å². The molecule has 0 spiro atoms. The van der Waals surface area contributed by atoms with E-state index in [0.717, 1.165) is 10.9 Å². The molecule has 2 aromatic heterocycles. The zero-order chi connectivity index (χ0) is 21.5. The number of hydrogen-bond acceptors (Lipinski definition) is 8. The quantitative estimate of drug-likeness (QED) is 0.635. The second kappa shape index (κ2) is 7.61. The second-order valence-corrected chi connectivity index (χ2v) is 7.44. The molecule has 12 heteroatoms. The summed E-state index contributed by atoms with van der Waals surface area (Å²) < 4.78 is 26.4. The highest BCUT2D eigenvalue weighted by atomic mass is 19.1. The van der Waals surface area contributed by atoms with E-state index >= 15 is 4.39 Å². The van der Waals surface area contributed by atoms with Gasteiger partial charge in [0.2, 0.25) is 18.2 Å². The molecule has 1 aliphatic heterocycles. The molecular formula is C17H22FN5O6. The van der Waals surface area contributed by atoms with Crippen molar-refractivity contribution < 1.29 is 28.6 Å². The lowest BCUT2D eigenvalue weighted by Gasteiger charge is -2.37. The van der Waals surface area contributed by atoms with Gasteiger partial charge in [0.05, 0.1) is 6.33 Å². The van der Waals surface area contributed by atoms with Crippen molar-refractivity contribution in [1.82, 2.24) is 19.5 Å². The first-order valence-corrected chi connectivity index (χ1v) is 8.94. The highest BCUT2D eigenvalue weighted by Crippen LogP contribution is 2.28. The van der Waals surface area contributed by atoms with Crippen LogP contribution in [0.3, 0.4) is 0 Å². The van der Waals surface area contributed by atoms with E-state index in [1.54, 1.807) is 13.8 Å². The monoisotopic (exact) mass is 411 g/mol. The number of carbonyl (C=O) groups excluding carboxylic acids is 2. The molecule has 1 saturated heterocycles. The molecular weight excluding hydrogens is 389 g/mol. The second-order valence-electron chi connectivity index (χ2n) is 7.44. The minimum absolute atomic E-state index is 0.191. The normalized spacial score (nSPS) is 21.3. The van der Waals surface area contributed by atoms with E-state index in [4.69, 9.17) is 9.47 Å². The molecule has 29 heavy (non-hydrogen) atoms. The molecule has 1 amide bonds. The molecule has 0 saturated carbocycles. The Bertz CT molecular complexity index is 1000. The van der Waals surface area contributed by atoms with Crippen LogP contribution >= 0.6 is 0 Å². The number of fused-ring (bicyclic) bond motifs is 1. The number of nitrogens with one attached hydrogen (secondary N) is 2. The SMILES string of the molecule is CC(C)C(=O)Nc1nc2c(ncn2[C@@H](F)[C@H](O)[C@@H]2OC(C)(C)OCC2=O)c(=O)[nH]1. The number of nitrogens with zero attached hydrogens (tertiary/aromatic N) is 3. The summed E-state index contributed by atoms with van der Waals surface area (Å²) in [6.45, 7) is 6.02. The fraction of sp³-hybridized carbons (Fsp3) is 0.588. The van der Waals surface area contributed by atoms with Crippen LogP contribution in [0.5, 0.6) is 0 Å². The summed E-state index contributed by atoms with van der Waals surface area (Å²) in [5.41, 5.74) is -1.10. The molecule has 3 rings (SSSR count). The Hall–Kier alpha value is -2.70. The Labute approximate surface area is 164 Å². The maximum atomic E-state index is 15.1. The van der Waals surface area contributed by atoms with Gasteiger partial charge in [0.1, 0.15) is 12.7 Å². The molecule has 3 N–H and O–H groups in total. The molecule has 11 nitrogen and oxygen atoms in total. The van der Waals surface area contributed by atoms with Gasteiger partial charge in [0, 0.05) is 5.92 Å². The van der Waals surface area contributed by atoms with Crippen LogP contribution in [0.2, 0.25) is 0 Å². The molecule has 3 heterocycles. The predicted octanol–water partition coefficient (Wildman–Crippen LogP) is 0.264. The van der Waals surface area contributed by atoms with E-state index in [9.17, 15) is 19.5 Å². The molecule has 1 aliphatic rings. The van der Waals surface area contributed by atoms with E-state index in [1.807, 2.05) is 0 Å². The third-order valence-electron chi connectivity index (χ3n) is 4.35. The van der Waals surface area contributed by atoms with Gasteiger partial charge in [0.15, 0.2) is 28.8 Å². The van der Waals surface area contributed by atoms with Gasteiger partial charge in [-0.3, -0.25) is 29.3 Å². The lowest BCUT2D eigenvalue weighted by Crippen LogP contribution is -2.52. The Morgan fingerprint density at radius 3 is 2.79 bits per heavy atom. The van der Waals surface area contributed by atoms with E-state index in [1.165, 1.54) is 13.8 Å². The molecule has 0 radical (unpaired) electrons. The average molecular weight is 411 g/mol. The number of aliphatic hydroxyl groups is 1. The van der Waals surface area contributed by atoms with E-state index < -0.39 is 41.5 Å². The average Bonchev–Trinajstić information content (AvgIpc) is 3.06. The van der Waals surface area contributed by atoms with Crippen molar-refractivity contribution in [3.63, 3.8) is 0 Å². The van der Waals surface area contributed by atoms with Gasteiger partial charge in [-0.05, 0) is 13.8 Å². The molecule has 3 atom stereocenters. The molecule has 0 aromatic carbocycles. The predicted molar refractivity (Wildman–Crippen MR) is 97.7 cm³/mol. The fourth-order valence-corrected chi connectivity index (χ4v) is 2.73. The first-order valence-electron chi connectivity index (χ1n) is 8.94. The summed E-state index contributed by atoms with van der Waals surface area (Å²) in [4.78, 5) is 46.3. The van der Waals surface area contributed by atoms with Crippen molar-refractivity contribution in [2.75, 3.05) is 11.9 Å². The number of anilines is 1. The molecule has 0 aliphatic carbocycles. The van der Waals surface area contributed by atoms with Crippen LogP contribution in [0.15, 0.2) is 11.1 Å². The van der Waals surface area contributed by atoms with E-state index in [0.29, 0.717) is 0 Å². The zero-order valence-electron chi connectivity index (χ0n) is 16.3. The number of aromatic nitrogens is 4. The van der Waals surface area contributed by atoms with Crippen LogP contribution in [0, 0.1) is 5.92 Å². The number of alkyl halides is 1. The van der Waals surface area contributed by atoms with Crippen molar-refractivity contribution in [2.45, 2.75) is 52.0 Å². The van der Waals surface area contributed by atoms with Crippen LogP contribution in [0.25, 0.3) is 11.2 Å². The van der Waals surface area contributed by atoms with Crippen LogP contribution in [-0.2, 0) is 19.1 Å². The van der Waals surface area contributed by atoms with Crippen molar-refractivity contribution in [2.24, 2.45) is 5.92 Å². The first kappa shape index (κ1) is 21.0. The Morgan fingerprint density at radius 1 is 1.45 bits per heavy atom. The van der Waals surface area contributed by atoms with Gasteiger partial charge < -0.3 is 14.6 Å². The number of rotatable bonds is 5. The van der Waals surface area contributed by atoms with Crippen LogP contribution in [0.1, 0.15) is 34.0 Å². The smallest absolute Gasteiger partial charge is 0.280 e. The lowest BCUT2D eigenvalue weighted by molar-refractivity contribution is -0.276. The van der Waals surface area contributed by atoms with Gasteiger partial charge in [0.25, 0.3) is 5.56 Å². The van der Waals surface area contributed by atoms with Gasteiger partial charge in [-0.2, -0.15) is 4.98 Å². The Morgan fingerprint density at radius 2 is 2.14 bits per heavy atom. The van der Waals surface area contributed by atoms with Crippen LogP contribution < -0.4 is 10.9 Å². The highest BCUT2D eigenvalue weighted by molar-refractivity contribution is 5.91. The van der Waals surface area contributed by atoms with Gasteiger partial charge in [-0.1, -0.05) is 13.8 Å². The summed E-state index contributed by atoms with van der Waals surface area (Å²) in [7, 11) is 0. The van der Waals surface area contributed by atoms with Crippen LogP contribution in [-0.4, -0.2) is 60.9 Å². The summed E-state index contributed by atoms with van der Waals surface area (Å²) >= 11 is 0. The van der Waals surface area contributed by atoms with Crippen LogP contribution in [0.4, 0.5) is 10.3 Å². The number of halogens is 1. The Balaban J connectivity index is 1.94.